The van der Waals surface area contributed by atoms with Gasteiger partial charge in [-0.1, -0.05) is 6.07 Å². The molecule has 0 atom stereocenters. The van der Waals surface area contributed by atoms with Crippen LogP contribution >= 0.6 is 0 Å². The van der Waals surface area contributed by atoms with Gasteiger partial charge in [-0.2, -0.15) is 15.3 Å². The normalized spacial score (nSPS) is 12.7. The number of hydrogen-bond donors (Lipinski definition) is 2. The van der Waals surface area contributed by atoms with Gasteiger partial charge in [-0.15, -0.1) is 0 Å². The first-order valence-electron chi connectivity index (χ1n) is 5.32. The minimum absolute atomic E-state index is 0. The minimum atomic E-state index is 0. The van der Waals surface area contributed by atoms with Gasteiger partial charge >= 0.3 is 0 Å². The van der Waals surface area contributed by atoms with Crippen LogP contribution in [0.2, 0.25) is 0 Å². The van der Waals surface area contributed by atoms with Gasteiger partial charge in [0, 0.05) is 32.7 Å². The van der Waals surface area contributed by atoms with E-state index in [0.717, 1.165) is 0 Å². The smallest absolute Gasteiger partial charge is 0.146 e. The van der Waals surface area contributed by atoms with E-state index in [1.165, 1.54) is 0 Å². The van der Waals surface area contributed by atoms with E-state index in [1.807, 2.05) is 25.1 Å². The van der Waals surface area contributed by atoms with Gasteiger partial charge < -0.3 is 17.9 Å². The van der Waals surface area contributed by atoms with E-state index in [0.29, 0.717) is 22.4 Å². The topological polar surface area (TPSA) is 74.0 Å². The van der Waals surface area contributed by atoms with Gasteiger partial charge in [0.15, 0.2) is 0 Å². The van der Waals surface area contributed by atoms with E-state index < -0.39 is 0 Å². The monoisotopic (exact) mass is 327 g/mol. The summed E-state index contributed by atoms with van der Waals surface area (Å²) < 4.78 is 0. The van der Waals surface area contributed by atoms with Crippen molar-refractivity contribution in [1.82, 2.24) is 10.3 Å². The summed E-state index contributed by atoms with van der Waals surface area (Å²) >= 11 is 4.85. The maximum Gasteiger partial charge on any atom is 0.146 e. The van der Waals surface area contributed by atoms with E-state index in [9.17, 15) is 0 Å². The number of rotatable bonds is 4. The fourth-order valence-corrected chi connectivity index (χ4v) is 0.935. The van der Waals surface area contributed by atoms with E-state index in [4.69, 9.17) is 12.6 Å². The van der Waals surface area contributed by atoms with Crippen LogP contribution in [-0.4, -0.2) is 28.6 Å². The molecular formula is C11H15N6SZn-. The van der Waals surface area contributed by atoms with Crippen LogP contribution in [0.4, 0.5) is 5.82 Å². The number of nitrogens with one attached hydrogen (secondary N) is 2. The molecule has 8 heteroatoms. The first kappa shape index (κ1) is 17.6. The summed E-state index contributed by atoms with van der Waals surface area (Å²) in [5.74, 6) is 0.673. The van der Waals surface area contributed by atoms with Gasteiger partial charge in [0.05, 0.1) is 11.4 Å². The summed E-state index contributed by atoms with van der Waals surface area (Å²) in [7, 11) is 1.69. The van der Waals surface area contributed by atoms with E-state index >= 15 is 0 Å². The quantitative estimate of drug-likeness (QED) is 0.288. The zero-order valence-electron chi connectivity index (χ0n) is 11.2. The molecule has 98 valence electrons. The molecule has 0 spiro atoms. The second kappa shape index (κ2) is 9.52. The molecule has 19 heavy (non-hydrogen) atoms. The molecule has 0 aromatic carbocycles. The Labute approximate surface area is 131 Å². The Hall–Kier alpha value is -1.40. The molecular weight excluding hydrogens is 314 g/mol. The first-order chi connectivity index (χ1) is 8.63. The molecule has 0 fully saturated rings. The zero-order valence-corrected chi connectivity index (χ0v) is 15.0. The summed E-state index contributed by atoms with van der Waals surface area (Å²) in [4.78, 5) is 4.09. The molecule has 1 aromatic heterocycles. The Morgan fingerprint density at radius 3 is 2.53 bits per heavy atom. The molecule has 0 amide bonds. The fourth-order valence-electron chi connectivity index (χ4n) is 0.894. The number of nitrogens with zero attached hydrogens (tertiary/aromatic N) is 4. The molecule has 1 aromatic rings. The largest absolute Gasteiger partial charge is 0.741 e. The predicted molar refractivity (Wildman–Crippen MR) is 77.9 cm³/mol. The van der Waals surface area contributed by atoms with Gasteiger partial charge in [-0.05, 0) is 31.1 Å². The van der Waals surface area contributed by atoms with Gasteiger partial charge in [0.2, 0.25) is 0 Å². The van der Waals surface area contributed by atoms with Crippen molar-refractivity contribution in [2.24, 2.45) is 15.3 Å². The van der Waals surface area contributed by atoms with Gasteiger partial charge in [0.25, 0.3) is 0 Å². The first-order valence-corrected chi connectivity index (χ1v) is 5.73. The van der Waals surface area contributed by atoms with Crippen molar-refractivity contribution in [3.63, 3.8) is 0 Å². The predicted octanol–water partition coefficient (Wildman–Crippen LogP) is 1.37. The number of anilines is 1. The molecule has 0 aliphatic rings. The molecule has 1 rings (SSSR count). The van der Waals surface area contributed by atoms with Gasteiger partial charge in [-0.3, -0.25) is 5.43 Å². The number of pyridine rings is 1. The van der Waals surface area contributed by atoms with Crippen molar-refractivity contribution in [3.05, 3.63) is 24.4 Å². The van der Waals surface area contributed by atoms with Crippen molar-refractivity contribution in [3.8, 4) is 0 Å². The Morgan fingerprint density at radius 1 is 1.21 bits per heavy atom. The molecule has 0 bridgehead atoms. The average molecular weight is 329 g/mol. The zero-order chi connectivity index (χ0) is 13.4. The fraction of sp³-hybridized carbons (Fsp3) is 0.273. The van der Waals surface area contributed by atoms with Gasteiger partial charge in [-0.25, -0.2) is 4.98 Å². The SMILES string of the molecule is CNC([S-])=NN=C(C)C(C)=NNc1ccccn1.[Zn]. The van der Waals surface area contributed by atoms with Crippen molar-refractivity contribution in [2.75, 3.05) is 12.5 Å². The number of aromatic nitrogens is 1. The summed E-state index contributed by atoms with van der Waals surface area (Å²) in [5, 5.41) is 14.9. The van der Waals surface area contributed by atoms with Crippen LogP contribution < -0.4 is 10.7 Å². The van der Waals surface area contributed by atoms with E-state index in [1.54, 1.807) is 20.2 Å². The van der Waals surface area contributed by atoms with Crippen LogP contribution in [0.3, 0.4) is 0 Å². The standard InChI is InChI=1S/C11H16N6S.Zn/c1-8(9(2)15-17-11(18)12-3)14-16-10-6-4-5-7-13-10;/h4-7H,1-3H3,(H,13,16)(H2,12,17,18);/p-1. The molecule has 0 aliphatic heterocycles. The molecule has 1 heterocycles. The van der Waals surface area contributed by atoms with Crippen molar-refractivity contribution in [2.45, 2.75) is 13.8 Å². The summed E-state index contributed by atoms with van der Waals surface area (Å²) in [6.07, 6.45) is 1.69. The van der Waals surface area contributed by atoms with Crippen LogP contribution in [0.25, 0.3) is 0 Å². The van der Waals surface area contributed by atoms with E-state index in [2.05, 4.69) is 31.0 Å². The second-order valence-corrected chi connectivity index (χ2v) is 3.75. The van der Waals surface area contributed by atoms with Crippen molar-refractivity contribution in [1.29, 1.82) is 0 Å². The van der Waals surface area contributed by atoms with Crippen LogP contribution in [0.15, 0.2) is 39.7 Å². The summed E-state index contributed by atoms with van der Waals surface area (Å²) in [6.45, 7) is 3.63. The van der Waals surface area contributed by atoms with Crippen molar-refractivity contribution < 1.29 is 19.5 Å². The third kappa shape index (κ3) is 6.93. The van der Waals surface area contributed by atoms with Crippen LogP contribution in [0.5, 0.6) is 0 Å². The molecule has 2 N–H and O–H groups in total. The Balaban J connectivity index is 0.00000324. The molecule has 0 saturated carbocycles. The third-order valence-corrected chi connectivity index (χ3v) is 2.32. The third-order valence-electron chi connectivity index (χ3n) is 2.03. The Kier molecular flexibility index (Phi) is 8.82. The molecule has 0 aliphatic carbocycles. The minimum Gasteiger partial charge on any atom is -0.741 e. The number of amidine groups is 1. The Morgan fingerprint density at radius 2 is 1.95 bits per heavy atom. The summed E-state index contributed by atoms with van der Waals surface area (Å²) in [5.41, 5.74) is 4.22. The molecule has 6 nitrogen and oxygen atoms in total. The molecule has 0 radical (unpaired) electrons. The van der Waals surface area contributed by atoms with Crippen LogP contribution in [-0.2, 0) is 32.1 Å². The van der Waals surface area contributed by atoms with Crippen LogP contribution in [0, 0.1) is 0 Å². The number of hydrazone groups is 1. The van der Waals surface area contributed by atoms with Gasteiger partial charge in [0.1, 0.15) is 5.82 Å². The van der Waals surface area contributed by atoms with Crippen molar-refractivity contribution >= 4 is 35.0 Å². The second-order valence-electron chi connectivity index (χ2n) is 3.36. The van der Waals surface area contributed by atoms with E-state index in [-0.39, 0.29) is 19.5 Å². The molecule has 0 saturated heterocycles. The molecule has 0 unspecified atom stereocenters. The number of hydrogen-bond acceptors (Lipinski definition) is 6. The maximum atomic E-state index is 4.85. The maximum absolute atomic E-state index is 4.85. The Bertz CT molecular complexity index is 471. The summed E-state index contributed by atoms with van der Waals surface area (Å²) in [6, 6.07) is 5.54. The van der Waals surface area contributed by atoms with Crippen LogP contribution in [0.1, 0.15) is 13.8 Å². The average Bonchev–Trinajstić information content (AvgIpc) is 2.42.